The van der Waals surface area contributed by atoms with E-state index in [4.69, 9.17) is 0 Å². The van der Waals surface area contributed by atoms with Gasteiger partial charge in [0.15, 0.2) is 11.5 Å². The first-order valence-corrected chi connectivity index (χ1v) is 7.29. The van der Waals surface area contributed by atoms with Crippen molar-refractivity contribution in [2.75, 3.05) is 12.4 Å². The predicted octanol–water partition coefficient (Wildman–Crippen LogP) is 2.94. The Morgan fingerprint density at radius 2 is 2.00 bits per heavy atom. The van der Waals surface area contributed by atoms with Gasteiger partial charge in [-0.3, -0.25) is 4.79 Å². The van der Waals surface area contributed by atoms with E-state index in [-0.39, 0.29) is 14.7 Å². The molecule has 0 aliphatic carbocycles. The molecule has 7 nitrogen and oxygen atoms in total. The lowest BCUT2D eigenvalue weighted by Crippen LogP contribution is -2.22. The van der Waals surface area contributed by atoms with Crippen LogP contribution < -0.4 is 10.6 Å². The van der Waals surface area contributed by atoms with Crippen LogP contribution in [-0.4, -0.2) is 33.1 Å². The molecule has 2 N–H and O–H groups in total. The van der Waals surface area contributed by atoms with E-state index in [1.165, 1.54) is 0 Å². The summed E-state index contributed by atoms with van der Waals surface area (Å²) in [5.41, 5.74) is 1.87. The Bertz CT molecular complexity index is 751. The SMILES string of the molecule is C=Cc1cc(Nc2cc(C(C)C)c(C(=O)NC)nn2)nc(C)n1.[HH].[HH]. The molecule has 0 aromatic carbocycles. The third-order valence-electron chi connectivity index (χ3n) is 3.21. The maximum absolute atomic E-state index is 11.9. The number of aromatic nitrogens is 4. The number of carbonyl (C=O) groups excluding carboxylic acids is 1. The molecule has 0 saturated carbocycles. The molecule has 2 heterocycles. The van der Waals surface area contributed by atoms with Gasteiger partial charge in [-0.05, 0) is 30.5 Å². The van der Waals surface area contributed by atoms with Crippen LogP contribution in [0.15, 0.2) is 18.7 Å². The van der Waals surface area contributed by atoms with Crippen molar-refractivity contribution in [2.45, 2.75) is 26.7 Å². The van der Waals surface area contributed by atoms with Gasteiger partial charge in [0.2, 0.25) is 0 Å². The minimum Gasteiger partial charge on any atom is -0.354 e. The number of rotatable bonds is 5. The summed E-state index contributed by atoms with van der Waals surface area (Å²) >= 11 is 0. The zero-order valence-corrected chi connectivity index (χ0v) is 13.7. The normalized spacial score (nSPS) is 10.5. The summed E-state index contributed by atoms with van der Waals surface area (Å²) in [5.74, 6) is 1.64. The highest BCUT2D eigenvalue weighted by Crippen LogP contribution is 2.22. The zero-order chi connectivity index (χ0) is 17.0. The maximum Gasteiger partial charge on any atom is 0.271 e. The van der Waals surface area contributed by atoms with Gasteiger partial charge in [0.1, 0.15) is 11.6 Å². The van der Waals surface area contributed by atoms with Crippen LogP contribution in [-0.2, 0) is 0 Å². The summed E-state index contributed by atoms with van der Waals surface area (Å²) < 4.78 is 0. The summed E-state index contributed by atoms with van der Waals surface area (Å²) in [6, 6.07) is 3.58. The zero-order valence-electron chi connectivity index (χ0n) is 13.7. The van der Waals surface area contributed by atoms with E-state index in [0.717, 1.165) is 11.3 Å². The summed E-state index contributed by atoms with van der Waals surface area (Å²) in [6.45, 7) is 9.51. The Morgan fingerprint density at radius 1 is 1.26 bits per heavy atom. The number of hydrogen-bond acceptors (Lipinski definition) is 6. The van der Waals surface area contributed by atoms with E-state index in [1.54, 1.807) is 26.1 Å². The second kappa shape index (κ2) is 6.95. The van der Waals surface area contributed by atoms with Crippen LogP contribution in [0.2, 0.25) is 0 Å². The number of anilines is 2. The highest BCUT2D eigenvalue weighted by atomic mass is 16.1. The lowest BCUT2D eigenvalue weighted by molar-refractivity contribution is 0.0955. The number of nitrogens with zero attached hydrogens (tertiary/aromatic N) is 4. The summed E-state index contributed by atoms with van der Waals surface area (Å²) in [4.78, 5) is 20.4. The largest absolute Gasteiger partial charge is 0.354 e. The Labute approximate surface area is 138 Å². The summed E-state index contributed by atoms with van der Waals surface area (Å²) in [5, 5.41) is 13.8. The van der Waals surface area contributed by atoms with Crippen LogP contribution >= 0.6 is 0 Å². The second-order valence-corrected chi connectivity index (χ2v) is 5.32. The minimum atomic E-state index is -0.250. The first-order valence-electron chi connectivity index (χ1n) is 7.29. The van der Waals surface area contributed by atoms with E-state index >= 15 is 0 Å². The molecule has 0 bridgehead atoms. The fraction of sp³-hybridized carbons (Fsp3) is 0.312. The van der Waals surface area contributed by atoms with Gasteiger partial charge in [-0.15, -0.1) is 10.2 Å². The molecule has 0 fully saturated rings. The van der Waals surface area contributed by atoms with Gasteiger partial charge < -0.3 is 10.6 Å². The predicted molar refractivity (Wildman–Crippen MR) is 93.9 cm³/mol. The molecule has 2 aromatic rings. The van der Waals surface area contributed by atoms with Gasteiger partial charge in [-0.2, -0.15) is 0 Å². The number of aryl methyl sites for hydroxylation is 1. The smallest absolute Gasteiger partial charge is 0.271 e. The number of amides is 1. The van der Waals surface area contributed by atoms with Crippen molar-refractivity contribution in [1.82, 2.24) is 25.5 Å². The highest BCUT2D eigenvalue weighted by molar-refractivity contribution is 5.93. The summed E-state index contributed by atoms with van der Waals surface area (Å²) in [6.07, 6.45) is 1.65. The van der Waals surface area contributed by atoms with Gasteiger partial charge in [0.05, 0.1) is 5.69 Å². The van der Waals surface area contributed by atoms with Crippen LogP contribution in [0.4, 0.5) is 11.6 Å². The molecule has 0 radical (unpaired) electrons. The summed E-state index contributed by atoms with van der Waals surface area (Å²) in [7, 11) is 1.57. The van der Waals surface area contributed by atoms with E-state index in [9.17, 15) is 4.79 Å². The van der Waals surface area contributed by atoms with Crippen LogP contribution in [0.1, 0.15) is 50.2 Å². The van der Waals surface area contributed by atoms with Crippen molar-refractivity contribution < 1.29 is 7.65 Å². The van der Waals surface area contributed by atoms with Gasteiger partial charge in [0.25, 0.3) is 5.91 Å². The molecule has 1 amide bonds. The molecule has 0 spiro atoms. The molecule has 0 aliphatic heterocycles. The average molecular weight is 316 g/mol. The molecular formula is C16H24N6O. The monoisotopic (exact) mass is 316 g/mol. The third-order valence-corrected chi connectivity index (χ3v) is 3.21. The molecule has 0 aliphatic rings. The third kappa shape index (κ3) is 3.88. The van der Waals surface area contributed by atoms with Crippen molar-refractivity contribution in [3.63, 3.8) is 0 Å². The number of hydrogen-bond donors (Lipinski definition) is 2. The number of nitrogens with one attached hydrogen (secondary N) is 2. The van der Waals surface area contributed by atoms with Crippen molar-refractivity contribution >= 4 is 23.6 Å². The van der Waals surface area contributed by atoms with Crippen molar-refractivity contribution in [3.8, 4) is 0 Å². The fourth-order valence-electron chi connectivity index (χ4n) is 2.09. The molecule has 7 heteroatoms. The standard InChI is InChI=1S/C16H20N6O.2H2/c1-6-11-7-13(19-10(4)18-11)20-14-8-12(9(2)3)15(22-21-14)16(23)17-5;;/h6-9H,1H2,2-5H3,(H,17,23)(H,18,19,20,21);2*1H. The highest BCUT2D eigenvalue weighted by Gasteiger charge is 2.16. The van der Waals surface area contributed by atoms with Crippen LogP contribution in [0.3, 0.4) is 0 Å². The molecule has 2 aromatic heterocycles. The van der Waals surface area contributed by atoms with Crippen molar-refractivity contribution in [1.29, 1.82) is 0 Å². The first kappa shape index (κ1) is 16.5. The van der Waals surface area contributed by atoms with E-state index in [2.05, 4.69) is 37.4 Å². The Kier molecular flexibility index (Phi) is 5.00. The molecular weight excluding hydrogens is 292 g/mol. The minimum absolute atomic E-state index is 0. The number of carbonyl (C=O) groups is 1. The van der Waals surface area contributed by atoms with Crippen molar-refractivity contribution in [3.05, 3.63) is 41.5 Å². The Balaban J connectivity index is 0.00000288. The maximum atomic E-state index is 11.9. The van der Waals surface area contributed by atoms with Gasteiger partial charge in [-0.25, -0.2) is 9.97 Å². The van der Waals surface area contributed by atoms with Gasteiger partial charge >= 0.3 is 0 Å². The first-order chi connectivity index (χ1) is 10.9. The lowest BCUT2D eigenvalue weighted by atomic mass is 10.0. The van der Waals surface area contributed by atoms with Gasteiger partial charge in [0, 0.05) is 16.0 Å². The molecule has 23 heavy (non-hydrogen) atoms. The van der Waals surface area contributed by atoms with Gasteiger partial charge in [-0.1, -0.05) is 20.4 Å². The molecule has 124 valence electrons. The Hall–Kier alpha value is -2.83. The van der Waals surface area contributed by atoms with Crippen LogP contribution in [0.25, 0.3) is 6.08 Å². The Morgan fingerprint density at radius 3 is 2.61 bits per heavy atom. The molecule has 0 saturated heterocycles. The van der Waals surface area contributed by atoms with E-state index < -0.39 is 0 Å². The lowest BCUT2D eigenvalue weighted by Gasteiger charge is -2.12. The molecule has 0 atom stereocenters. The van der Waals surface area contributed by atoms with Crippen LogP contribution in [0.5, 0.6) is 0 Å². The van der Waals surface area contributed by atoms with E-state index in [0.29, 0.717) is 23.2 Å². The average Bonchev–Trinajstić information content (AvgIpc) is 2.53. The van der Waals surface area contributed by atoms with E-state index in [1.807, 2.05) is 19.9 Å². The fourth-order valence-corrected chi connectivity index (χ4v) is 2.09. The second-order valence-electron chi connectivity index (χ2n) is 5.32. The quantitative estimate of drug-likeness (QED) is 0.881. The molecule has 2 rings (SSSR count). The van der Waals surface area contributed by atoms with Crippen molar-refractivity contribution in [2.24, 2.45) is 0 Å². The van der Waals surface area contributed by atoms with Crippen LogP contribution in [0, 0.1) is 6.92 Å². The topological polar surface area (TPSA) is 92.7 Å². The molecule has 0 unspecified atom stereocenters.